The van der Waals surface area contributed by atoms with Gasteiger partial charge < -0.3 is 10.5 Å². The fourth-order valence-electron chi connectivity index (χ4n) is 1.34. The van der Waals surface area contributed by atoms with Gasteiger partial charge in [-0.25, -0.2) is 0 Å². The lowest BCUT2D eigenvalue weighted by Gasteiger charge is -2.05. The average molecular weight is 250 g/mol. The first kappa shape index (κ1) is 11.4. The van der Waals surface area contributed by atoms with Gasteiger partial charge in [0.15, 0.2) is 0 Å². The third kappa shape index (κ3) is 2.73. The molecule has 0 saturated carbocycles. The lowest BCUT2D eigenvalue weighted by molar-refractivity contribution is -0.383. The summed E-state index contributed by atoms with van der Waals surface area (Å²) in [7, 11) is 0. The molecule has 0 aliphatic heterocycles. The number of rotatable bonds is 4. The predicted molar refractivity (Wildman–Crippen MR) is 66.2 cm³/mol. The summed E-state index contributed by atoms with van der Waals surface area (Å²) in [5, 5.41) is 12.5. The summed E-state index contributed by atoms with van der Waals surface area (Å²) in [6, 6.07) is 8.25. The maximum atomic E-state index is 10.6. The van der Waals surface area contributed by atoms with Crippen molar-refractivity contribution in [1.82, 2.24) is 0 Å². The number of nitrogen functional groups attached to an aromatic ring is 1. The lowest BCUT2D eigenvalue weighted by Crippen LogP contribution is -1.98. The van der Waals surface area contributed by atoms with Crippen LogP contribution in [0, 0.1) is 10.1 Å². The van der Waals surface area contributed by atoms with E-state index < -0.39 is 4.92 Å². The van der Waals surface area contributed by atoms with Crippen LogP contribution in [0.15, 0.2) is 35.7 Å². The van der Waals surface area contributed by atoms with E-state index in [4.69, 9.17) is 10.5 Å². The van der Waals surface area contributed by atoms with Crippen LogP contribution < -0.4 is 10.5 Å². The van der Waals surface area contributed by atoms with Crippen molar-refractivity contribution >= 4 is 22.7 Å². The van der Waals surface area contributed by atoms with Crippen molar-refractivity contribution in [3.63, 3.8) is 0 Å². The van der Waals surface area contributed by atoms with E-state index in [2.05, 4.69) is 0 Å². The fourth-order valence-corrected chi connectivity index (χ4v) is 1.95. The van der Waals surface area contributed by atoms with Gasteiger partial charge in [-0.05, 0) is 17.5 Å². The molecule has 2 aromatic rings. The molecule has 0 aliphatic rings. The standard InChI is InChI=1S/C11H10N2O3S/c12-10-6-8(3-4-11(10)13(14)15)16-7-9-2-1-5-17-9/h1-6H,7,12H2. The van der Waals surface area contributed by atoms with E-state index in [1.807, 2.05) is 17.5 Å². The van der Waals surface area contributed by atoms with E-state index in [0.29, 0.717) is 12.4 Å². The molecule has 0 atom stereocenters. The number of nitro benzene ring substituents is 1. The smallest absolute Gasteiger partial charge is 0.292 e. The number of hydrogen-bond acceptors (Lipinski definition) is 5. The van der Waals surface area contributed by atoms with Crippen LogP contribution >= 0.6 is 11.3 Å². The van der Waals surface area contributed by atoms with Crippen molar-refractivity contribution in [2.45, 2.75) is 6.61 Å². The molecule has 0 radical (unpaired) electrons. The molecule has 2 N–H and O–H groups in total. The molecule has 5 nitrogen and oxygen atoms in total. The topological polar surface area (TPSA) is 78.4 Å². The van der Waals surface area contributed by atoms with Gasteiger partial charge in [0.05, 0.1) is 4.92 Å². The fraction of sp³-hybridized carbons (Fsp3) is 0.0909. The number of hydrogen-bond donors (Lipinski definition) is 1. The van der Waals surface area contributed by atoms with Crippen LogP contribution in [0.2, 0.25) is 0 Å². The monoisotopic (exact) mass is 250 g/mol. The van der Waals surface area contributed by atoms with E-state index in [0.717, 1.165) is 4.88 Å². The van der Waals surface area contributed by atoms with Gasteiger partial charge in [-0.3, -0.25) is 10.1 Å². The highest BCUT2D eigenvalue weighted by atomic mass is 32.1. The largest absolute Gasteiger partial charge is 0.488 e. The Bertz CT molecular complexity index is 526. The molecule has 6 heteroatoms. The average Bonchev–Trinajstić information content (AvgIpc) is 2.78. The summed E-state index contributed by atoms with van der Waals surface area (Å²) >= 11 is 1.59. The Morgan fingerprint density at radius 1 is 1.41 bits per heavy atom. The minimum atomic E-state index is -0.515. The van der Waals surface area contributed by atoms with Crippen molar-refractivity contribution in [3.8, 4) is 5.75 Å². The van der Waals surface area contributed by atoms with Crippen LogP contribution in [0.3, 0.4) is 0 Å². The van der Waals surface area contributed by atoms with Gasteiger partial charge in [-0.2, -0.15) is 0 Å². The first-order valence-electron chi connectivity index (χ1n) is 4.86. The molecule has 88 valence electrons. The van der Waals surface area contributed by atoms with Crippen molar-refractivity contribution < 1.29 is 9.66 Å². The highest BCUT2D eigenvalue weighted by molar-refractivity contribution is 7.09. The van der Waals surface area contributed by atoms with Crippen molar-refractivity contribution in [2.75, 3.05) is 5.73 Å². The van der Waals surface area contributed by atoms with Crippen LogP contribution in [0.4, 0.5) is 11.4 Å². The van der Waals surface area contributed by atoms with E-state index in [1.165, 1.54) is 12.1 Å². The second-order valence-corrected chi connectivity index (χ2v) is 4.38. The van der Waals surface area contributed by atoms with E-state index in [9.17, 15) is 10.1 Å². The first-order chi connectivity index (χ1) is 8.16. The number of nitrogens with two attached hydrogens (primary N) is 1. The summed E-state index contributed by atoms with van der Waals surface area (Å²) in [5.74, 6) is 0.529. The Balaban J connectivity index is 2.07. The number of nitrogens with zero attached hydrogens (tertiary/aromatic N) is 1. The van der Waals surface area contributed by atoms with Gasteiger partial charge >= 0.3 is 0 Å². The molecule has 2 rings (SSSR count). The molecule has 0 aliphatic carbocycles. The Labute approximate surface area is 102 Å². The molecule has 17 heavy (non-hydrogen) atoms. The SMILES string of the molecule is Nc1cc(OCc2cccs2)ccc1[N+](=O)[O-]. The van der Waals surface area contributed by atoms with Gasteiger partial charge in [-0.1, -0.05) is 6.07 Å². The molecule has 1 aromatic carbocycles. The Morgan fingerprint density at radius 3 is 2.82 bits per heavy atom. The second-order valence-electron chi connectivity index (χ2n) is 3.35. The third-order valence-electron chi connectivity index (χ3n) is 2.16. The number of anilines is 1. The van der Waals surface area contributed by atoms with Crippen molar-refractivity contribution in [1.29, 1.82) is 0 Å². The van der Waals surface area contributed by atoms with Gasteiger partial charge in [0.25, 0.3) is 5.69 Å². The quantitative estimate of drug-likeness (QED) is 0.514. The zero-order chi connectivity index (χ0) is 12.3. The van der Waals surface area contributed by atoms with Crippen LogP contribution in [-0.2, 0) is 6.61 Å². The molecule has 0 spiro atoms. The van der Waals surface area contributed by atoms with Crippen molar-refractivity contribution in [2.24, 2.45) is 0 Å². The Kier molecular flexibility index (Phi) is 3.24. The van der Waals surface area contributed by atoms with Crippen LogP contribution in [0.1, 0.15) is 4.88 Å². The molecule has 1 heterocycles. The number of thiophene rings is 1. The first-order valence-corrected chi connectivity index (χ1v) is 5.74. The molecular weight excluding hydrogens is 240 g/mol. The van der Waals surface area contributed by atoms with E-state index in [1.54, 1.807) is 17.4 Å². The van der Waals surface area contributed by atoms with E-state index >= 15 is 0 Å². The summed E-state index contributed by atoms with van der Waals surface area (Å²) in [6.07, 6.45) is 0. The summed E-state index contributed by atoms with van der Waals surface area (Å²) < 4.78 is 5.47. The van der Waals surface area contributed by atoms with Gasteiger partial charge in [0, 0.05) is 17.0 Å². The summed E-state index contributed by atoms with van der Waals surface area (Å²) in [5.41, 5.74) is 5.56. The zero-order valence-electron chi connectivity index (χ0n) is 8.83. The lowest BCUT2D eigenvalue weighted by atomic mass is 10.2. The maximum Gasteiger partial charge on any atom is 0.292 e. The molecule has 0 bridgehead atoms. The molecule has 0 fully saturated rings. The minimum Gasteiger partial charge on any atom is -0.488 e. The van der Waals surface area contributed by atoms with Crippen molar-refractivity contribution in [3.05, 3.63) is 50.7 Å². The van der Waals surface area contributed by atoms with Gasteiger partial charge in [0.2, 0.25) is 0 Å². The molecule has 0 saturated heterocycles. The van der Waals surface area contributed by atoms with E-state index in [-0.39, 0.29) is 11.4 Å². The maximum absolute atomic E-state index is 10.6. The predicted octanol–water partition coefficient (Wildman–Crippen LogP) is 2.82. The molecular formula is C11H10N2O3S. The van der Waals surface area contributed by atoms with Crippen LogP contribution in [-0.4, -0.2) is 4.92 Å². The Morgan fingerprint density at radius 2 is 2.24 bits per heavy atom. The molecule has 1 aromatic heterocycles. The Hall–Kier alpha value is -2.08. The summed E-state index contributed by atoms with van der Waals surface area (Å²) in [6.45, 7) is 0.439. The highest BCUT2D eigenvalue weighted by Crippen LogP contribution is 2.26. The normalized spacial score (nSPS) is 10.1. The molecule has 0 amide bonds. The minimum absolute atomic E-state index is 0.103. The summed E-state index contributed by atoms with van der Waals surface area (Å²) in [4.78, 5) is 11.1. The number of ether oxygens (including phenoxy) is 1. The second kappa shape index (κ2) is 4.84. The third-order valence-corrected chi connectivity index (χ3v) is 3.01. The number of nitro groups is 1. The van der Waals surface area contributed by atoms with Crippen LogP contribution in [0.25, 0.3) is 0 Å². The highest BCUT2D eigenvalue weighted by Gasteiger charge is 2.11. The van der Waals surface area contributed by atoms with Crippen LogP contribution in [0.5, 0.6) is 5.75 Å². The zero-order valence-corrected chi connectivity index (χ0v) is 9.65. The molecule has 0 unspecified atom stereocenters. The number of benzene rings is 1. The van der Waals surface area contributed by atoms with Gasteiger partial charge in [-0.15, -0.1) is 11.3 Å². The van der Waals surface area contributed by atoms with Gasteiger partial charge in [0.1, 0.15) is 18.0 Å².